The third kappa shape index (κ3) is 8.74. The summed E-state index contributed by atoms with van der Waals surface area (Å²) in [5.74, 6) is 0. The fraction of sp³-hybridized carbons (Fsp3) is 0.120. The Kier molecular flexibility index (Phi) is 12.0. The molecule has 0 fully saturated rings. The normalized spacial score (nSPS) is 12.7. The summed E-state index contributed by atoms with van der Waals surface area (Å²) in [5.41, 5.74) is 28.8. The van der Waals surface area contributed by atoms with E-state index in [9.17, 15) is 0 Å². The minimum absolute atomic E-state index is 0.109. The summed E-state index contributed by atoms with van der Waals surface area (Å²) in [4.78, 5) is 5.24. The molecule has 0 N–H and O–H groups in total. The van der Waals surface area contributed by atoms with Gasteiger partial charge in [-0.15, -0.1) is 0 Å². The number of anilines is 6. The second-order valence-corrected chi connectivity index (χ2v) is 23.5. The predicted octanol–water partition coefficient (Wildman–Crippen LogP) is 18.7. The lowest BCUT2D eigenvalue weighted by Gasteiger charge is -2.46. The van der Waals surface area contributed by atoms with E-state index >= 15 is 0 Å². The van der Waals surface area contributed by atoms with Gasteiger partial charge in [0.1, 0.15) is 0 Å². The summed E-state index contributed by atoms with van der Waals surface area (Å²) in [6, 6.07) is 95.3. The Labute approximate surface area is 462 Å². The van der Waals surface area contributed by atoms with Crippen LogP contribution in [0.3, 0.4) is 0 Å². The summed E-state index contributed by atoms with van der Waals surface area (Å²) >= 11 is 0. The molecule has 2 aliphatic heterocycles. The van der Waals surface area contributed by atoms with Gasteiger partial charge in [-0.3, -0.25) is 0 Å². The molecule has 0 radical (unpaired) electrons. The summed E-state index contributed by atoms with van der Waals surface area (Å²) in [7, 11) is 0. The number of benzene rings is 11. The van der Waals surface area contributed by atoms with E-state index in [0.717, 1.165) is 11.4 Å². The SMILES string of the molecule is Cc1cc2c3c(c1)N(c1cc(-c4ccccc4)cc(-c4ccccc4)c1)c1cc(-c4ccccc4)c(C(C)(C)C)cc1B3c1cc(C(C)(C)C)c(-c3ccccc3)cc1N2c1cc(-c2ccccc2)cc(-c2ccccc2)c1. The van der Waals surface area contributed by atoms with Crippen LogP contribution in [0.5, 0.6) is 0 Å². The molecule has 3 heteroatoms. The Morgan fingerprint density at radius 1 is 0.282 bits per heavy atom. The average molecular weight is 1000 g/mol. The van der Waals surface area contributed by atoms with E-state index in [1.165, 1.54) is 123 Å². The number of aryl methyl sites for hydroxylation is 1. The zero-order valence-electron chi connectivity index (χ0n) is 45.7. The molecule has 78 heavy (non-hydrogen) atoms. The van der Waals surface area contributed by atoms with E-state index in [-0.39, 0.29) is 17.5 Å². The van der Waals surface area contributed by atoms with Crippen LogP contribution in [0.1, 0.15) is 58.2 Å². The van der Waals surface area contributed by atoms with Gasteiger partial charge < -0.3 is 9.80 Å². The summed E-state index contributed by atoms with van der Waals surface area (Å²) in [6.45, 7) is 16.5. The van der Waals surface area contributed by atoms with Crippen LogP contribution in [0.15, 0.2) is 255 Å². The van der Waals surface area contributed by atoms with Crippen molar-refractivity contribution in [1.29, 1.82) is 0 Å². The van der Waals surface area contributed by atoms with Crippen LogP contribution in [-0.2, 0) is 10.8 Å². The Bertz CT molecular complexity index is 3650. The highest BCUT2D eigenvalue weighted by Gasteiger charge is 2.45. The first-order chi connectivity index (χ1) is 37.9. The Hall–Kier alpha value is -8.92. The molecular formula is C75H63BN2. The second kappa shape index (κ2) is 19.3. The smallest absolute Gasteiger partial charge is 0.252 e. The molecule has 2 aliphatic rings. The predicted molar refractivity (Wildman–Crippen MR) is 335 cm³/mol. The van der Waals surface area contributed by atoms with Crippen LogP contribution < -0.4 is 26.2 Å². The summed E-state index contributed by atoms with van der Waals surface area (Å²) < 4.78 is 0. The van der Waals surface area contributed by atoms with Crippen molar-refractivity contribution in [2.75, 3.05) is 9.80 Å². The van der Waals surface area contributed by atoms with Gasteiger partial charge in [0.25, 0.3) is 6.71 Å². The van der Waals surface area contributed by atoms with Gasteiger partial charge in [0, 0.05) is 34.1 Å². The van der Waals surface area contributed by atoms with Gasteiger partial charge in [-0.1, -0.05) is 236 Å². The number of rotatable bonds is 8. The number of nitrogens with zero attached hydrogens (tertiary/aromatic N) is 2. The fourth-order valence-corrected chi connectivity index (χ4v) is 12.4. The quantitative estimate of drug-likeness (QED) is 0.140. The molecule has 13 rings (SSSR count). The fourth-order valence-electron chi connectivity index (χ4n) is 12.4. The molecule has 2 heterocycles. The molecule has 0 amide bonds. The van der Waals surface area contributed by atoms with Crippen LogP contribution in [-0.4, -0.2) is 6.71 Å². The standard InChI is InChI=1S/C75H63BN2/c1-50-38-71-73-72(39-50)78(62-44-59(53-30-18-10-19-31-53)41-60(45-62)54-32-20-11-21-33-54)70-47-64(56-36-24-13-25-37-56)66(75(5,6)7)49-68(70)76(73)67-48-65(74(2,3)4)63(55-34-22-12-23-35-55)46-69(67)77(71)61-42-57(51-26-14-8-15-27-51)40-58(43-61)52-28-16-9-17-29-52/h8-49H,1-7H3. The lowest BCUT2D eigenvalue weighted by Crippen LogP contribution is -2.61. The molecule has 0 spiro atoms. The number of fused-ring (bicyclic) bond motifs is 4. The van der Waals surface area contributed by atoms with Crippen molar-refractivity contribution in [3.05, 3.63) is 271 Å². The molecular weight excluding hydrogens is 940 g/mol. The number of hydrogen-bond donors (Lipinski definition) is 0. The molecule has 0 aliphatic carbocycles. The van der Waals surface area contributed by atoms with Crippen molar-refractivity contribution in [3.63, 3.8) is 0 Å². The molecule has 11 aromatic rings. The first-order valence-corrected chi connectivity index (χ1v) is 27.6. The summed E-state index contributed by atoms with van der Waals surface area (Å²) in [6.07, 6.45) is 0. The van der Waals surface area contributed by atoms with Gasteiger partial charge in [-0.2, -0.15) is 0 Å². The maximum Gasteiger partial charge on any atom is 0.252 e. The lowest BCUT2D eigenvalue weighted by molar-refractivity contribution is 0.592. The van der Waals surface area contributed by atoms with Gasteiger partial charge in [0.05, 0.1) is 0 Å². The highest BCUT2D eigenvalue weighted by Crippen LogP contribution is 2.50. The topological polar surface area (TPSA) is 6.48 Å². The van der Waals surface area contributed by atoms with Gasteiger partial charge >= 0.3 is 0 Å². The monoisotopic (exact) mass is 1000 g/mol. The van der Waals surface area contributed by atoms with E-state index in [0.29, 0.717) is 0 Å². The molecule has 0 saturated heterocycles. The van der Waals surface area contributed by atoms with E-state index in [2.05, 4.69) is 313 Å². The number of hydrogen-bond acceptors (Lipinski definition) is 2. The minimum Gasteiger partial charge on any atom is -0.311 e. The molecule has 0 unspecified atom stereocenters. The van der Waals surface area contributed by atoms with E-state index in [4.69, 9.17) is 0 Å². The molecule has 0 aromatic heterocycles. The zero-order chi connectivity index (χ0) is 53.3. The van der Waals surface area contributed by atoms with Crippen LogP contribution in [0.4, 0.5) is 34.1 Å². The van der Waals surface area contributed by atoms with Crippen molar-refractivity contribution >= 4 is 57.2 Å². The molecule has 376 valence electrons. The van der Waals surface area contributed by atoms with Crippen molar-refractivity contribution < 1.29 is 0 Å². The van der Waals surface area contributed by atoms with Crippen LogP contribution >= 0.6 is 0 Å². The molecule has 0 bridgehead atoms. The maximum absolute atomic E-state index is 2.62. The van der Waals surface area contributed by atoms with Crippen molar-refractivity contribution in [3.8, 4) is 66.8 Å². The first-order valence-electron chi connectivity index (χ1n) is 27.6. The maximum atomic E-state index is 2.62. The lowest BCUT2D eigenvalue weighted by atomic mass is 9.33. The Morgan fingerprint density at radius 2 is 0.564 bits per heavy atom. The van der Waals surface area contributed by atoms with Crippen LogP contribution in [0.25, 0.3) is 66.8 Å². The van der Waals surface area contributed by atoms with E-state index < -0.39 is 0 Å². The third-order valence-corrected chi connectivity index (χ3v) is 16.1. The van der Waals surface area contributed by atoms with Crippen LogP contribution in [0.2, 0.25) is 0 Å². The Morgan fingerprint density at radius 3 is 0.846 bits per heavy atom. The zero-order valence-corrected chi connectivity index (χ0v) is 45.7. The van der Waals surface area contributed by atoms with Crippen molar-refractivity contribution in [1.82, 2.24) is 0 Å². The molecule has 11 aromatic carbocycles. The second-order valence-electron chi connectivity index (χ2n) is 23.5. The molecule has 2 nitrogen and oxygen atoms in total. The first kappa shape index (κ1) is 48.7. The van der Waals surface area contributed by atoms with Gasteiger partial charge in [0.2, 0.25) is 0 Å². The van der Waals surface area contributed by atoms with Crippen molar-refractivity contribution in [2.45, 2.75) is 59.3 Å². The van der Waals surface area contributed by atoms with E-state index in [1.807, 2.05) is 0 Å². The minimum atomic E-state index is -0.182. The highest BCUT2D eigenvalue weighted by molar-refractivity contribution is 7.00. The van der Waals surface area contributed by atoms with Gasteiger partial charge in [0.15, 0.2) is 0 Å². The largest absolute Gasteiger partial charge is 0.311 e. The van der Waals surface area contributed by atoms with E-state index in [1.54, 1.807) is 0 Å². The van der Waals surface area contributed by atoms with Gasteiger partial charge in [-0.25, -0.2) is 0 Å². The van der Waals surface area contributed by atoms with Crippen molar-refractivity contribution in [2.24, 2.45) is 0 Å². The third-order valence-electron chi connectivity index (χ3n) is 16.1. The van der Waals surface area contributed by atoms with Gasteiger partial charge in [-0.05, 0) is 178 Å². The average Bonchev–Trinajstić information content (AvgIpc) is 2.72. The molecule has 0 saturated carbocycles. The molecule has 0 atom stereocenters. The highest BCUT2D eigenvalue weighted by atomic mass is 15.2. The van der Waals surface area contributed by atoms with Crippen LogP contribution in [0, 0.1) is 6.92 Å². The summed E-state index contributed by atoms with van der Waals surface area (Å²) in [5, 5.41) is 0. The Balaban J connectivity index is 1.18.